The smallest absolute Gasteiger partial charge is 0.00987 e. The maximum atomic E-state index is 2.55. The van der Waals surface area contributed by atoms with Crippen LogP contribution in [0.1, 0.15) is 143 Å². The van der Waals surface area contributed by atoms with E-state index in [-0.39, 0.29) is 0 Å². The first-order valence-corrected chi connectivity index (χ1v) is 13.3. The van der Waals surface area contributed by atoms with Crippen molar-refractivity contribution in [1.82, 2.24) is 0 Å². The van der Waals surface area contributed by atoms with Gasteiger partial charge in [0.1, 0.15) is 0 Å². The van der Waals surface area contributed by atoms with Crippen molar-refractivity contribution in [2.75, 3.05) is 0 Å². The fraction of sp³-hybridized carbons (Fsp3) is 0.793. The molecule has 0 aromatic heterocycles. The van der Waals surface area contributed by atoms with Crippen LogP contribution in [0.4, 0.5) is 0 Å². The van der Waals surface area contributed by atoms with Crippen LogP contribution < -0.4 is 0 Å². The molecular weight excluding hydrogens is 348 g/mol. The molecule has 0 aromatic rings. The van der Waals surface area contributed by atoms with Gasteiger partial charge < -0.3 is 0 Å². The lowest BCUT2D eigenvalue weighted by Crippen LogP contribution is -2.16. The van der Waals surface area contributed by atoms with Gasteiger partial charge in [0.15, 0.2) is 0 Å². The van der Waals surface area contributed by atoms with Crippen molar-refractivity contribution in [3.8, 4) is 0 Å². The highest BCUT2D eigenvalue weighted by Gasteiger charge is 2.24. The summed E-state index contributed by atoms with van der Waals surface area (Å²) in [6.07, 6.45) is 38.7. The molecule has 0 aliphatic heterocycles. The van der Waals surface area contributed by atoms with Crippen molar-refractivity contribution in [1.29, 1.82) is 0 Å². The molecule has 0 amide bonds. The number of unbranched alkanes of at least 4 members (excludes halogenated alkanes) is 14. The summed E-state index contributed by atoms with van der Waals surface area (Å²) in [4.78, 5) is 0. The van der Waals surface area contributed by atoms with Gasteiger partial charge in [0, 0.05) is 5.41 Å². The molecule has 29 heavy (non-hydrogen) atoms. The predicted octanol–water partition coefficient (Wildman–Crippen LogP) is 10.5. The van der Waals surface area contributed by atoms with Crippen LogP contribution in [0.25, 0.3) is 0 Å². The number of hydrogen-bond donors (Lipinski definition) is 0. The van der Waals surface area contributed by atoms with Gasteiger partial charge in [-0.05, 0) is 32.6 Å². The molecule has 0 radical (unpaired) electrons. The van der Waals surface area contributed by atoms with Crippen molar-refractivity contribution in [3.63, 3.8) is 0 Å². The van der Waals surface area contributed by atoms with E-state index in [4.69, 9.17) is 0 Å². The van der Waals surface area contributed by atoms with E-state index < -0.39 is 0 Å². The summed E-state index contributed by atoms with van der Waals surface area (Å²) >= 11 is 0. The third-order valence-electron chi connectivity index (χ3n) is 6.69. The van der Waals surface area contributed by atoms with Crippen molar-refractivity contribution in [3.05, 3.63) is 36.0 Å². The number of hydrogen-bond acceptors (Lipinski definition) is 0. The van der Waals surface area contributed by atoms with E-state index in [1.54, 1.807) is 5.57 Å². The van der Waals surface area contributed by atoms with E-state index in [9.17, 15) is 0 Å². The van der Waals surface area contributed by atoms with Crippen molar-refractivity contribution in [2.45, 2.75) is 143 Å². The third kappa shape index (κ3) is 13.2. The summed E-state index contributed by atoms with van der Waals surface area (Å²) in [5, 5.41) is 0. The summed E-state index contributed by atoms with van der Waals surface area (Å²) in [6, 6.07) is 0. The molecule has 0 fully saturated rings. The average Bonchev–Trinajstić information content (AvgIpc) is 2.73. The van der Waals surface area contributed by atoms with Crippen LogP contribution in [0.2, 0.25) is 0 Å². The Labute approximate surface area is 184 Å². The highest BCUT2D eigenvalue weighted by molar-refractivity contribution is 5.30. The Hall–Kier alpha value is -0.780. The molecule has 1 aliphatic rings. The van der Waals surface area contributed by atoms with Crippen LogP contribution in [0.5, 0.6) is 0 Å². The average molecular weight is 401 g/mol. The summed E-state index contributed by atoms with van der Waals surface area (Å²) in [6.45, 7) is 6.78. The molecule has 0 bridgehead atoms. The van der Waals surface area contributed by atoms with E-state index in [2.05, 4.69) is 51.2 Å². The van der Waals surface area contributed by atoms with Gasteiger partial charge in [0.05, 0.1) is 0 Å². The Morgan fingerprint density at radius 1 is 0.724 bits per heavy atom. The molecular formula is C29H52. The lowest BCUT2D eigenvalue weighted by molar-refractivity contribution is 0.416. The first-order chi connectivity index (χ1) is 14.3. The van der Waals surface area contributed by atoms with E-state index in [0.29, 0.717) is 5.41 Å². The van der Waals surface area contributed by atoms with Crippen LogP contribution in [0, 0.1) is 5.41 Å². The SMILES string of the molecule is CC=CC1(CCCCCCCCCC)C=CC(CCCCCCCCCC)=CC1. The summed E-state index contributed by atoms with van der Waals surface area (Å²) < 4.78 is 0. The first-order valence-electron chi connectivity index (χ1n) is 13.3. The molecule has 0 nitrogen and oxygen atoms in total. The monoisotopic (exact) mass is 400 g/mol. The highest BCUT2D eigenvalue weighted by Crippen LogP contribution is 2.38. The fourth-order valence-corrected chi connectivity index (χ4v) is 4.69. The van der Waals surface area contributed by atoms with E-state index in [1.807, 2.05) is 0 Å². The van der Waals surface area contributed by atoms with Crippen LogP contribution in [0.3, 0.4) is 0 Å². The zero-order valence-corrected chi connectivity index (χ0v) is 20.3. The molecule has 1 unspecified atom stereocenters. The fourth-order valence-electron chi connectivity index (χ4n) is 4.69. The largest absolute Gasteiger partial charge is 0.0908 e. The Morgan fingerprint density at radius 3 is 1.72 bits per heavy atom. The summed E-state index contributed by atoms with van der Waals surface area (Å²) in [5.74, 6) is 0. The van der Waals surface area contributed by atoms with E-state index >= 15 is 0 Å². The quantitative estimate of drug-likeness (QED) is 0.149. The van der Waals surface area contributed by atoms with Gasteiger partial charge in [-0.15, -0.1) is 0 Å². The van der Waals surface area contributed by atoms with Crippen LogP contribution >= 0.6 is 0 Å². The van der Waals surface area contributed by atoms with Crippen molar-refractivity contribution in [2.24, 2.45) is 5.41 Å². The maximum Gasteiger partial charge on any atom is 0.00987 e. The molecule has 0 saturated carbocycles. The molecule has 0 saturated heterocycles. The minimum Gasteiger partial charge on any atom is -0.0908 e. The molecule has 1 aliphatic carbocycles. The molecule has 1 atom stereocenters. The van der Waals surface area contributed by atoms with E-state index in [1.165, 1.54) is 122 Å². The van der Waals surface area contributed by atoms with Gasteiger partial charge in [-0.1, -0.05) is 146 Å². The minimum atomic E-state index is 0.305. The van der Waals surface area contributed by atoms with Crippen molar-refractivity contribution >= 4 is 0 Å². The van der Waals surface area contributed by atoms with Gasteiger partial charge in [-0.25, -0.2) is 0 Å². The topological polar surface area (TPSA) is 0 Å². The Bertz CT molecular complexity index is 453. The molecule has 0 spiro atoms. The lowest BCUT2D eigenvalue weighted by atomic mass is 9.75. The van der Waals surface area contributed by atoms with Gasteiger partial charge in [0.25, 0.3) is 0 Å². The molecule has 168 valence electrons. The van der Waals surface area contributed by atoms with Crippen molar-refractivity contribution < 1.29 is 0 Å². The molecule has 0 heteroatoms. The normalized spacial score (nSPS) is 19.2. The second kappa shape index (κ2) is 18.0. The second-order valence-electron chi connectivity index (χ2n) is 9.50. The van der Waals surface area contributed by atoms with Gasteiger partial charge >= 0.3 is 0 Å². The molecule has 0 aromatic carbocycles. The third-order valence-corrected chi connectivity index (χ3v) is 6.69. The van der Waals surface area contributed by atoms with Gasteiger partial charge in [-0.3, -0.25) is 0 Å². The van der Waals surface area contributed by atoms with Gasteiger partial charge in [0.2, 0.25) is 0 Å². The maximum absolute atomic E-state index is 2.55. The zero-order chi connectivity index (χ0) is 21.0. The van der Waals surface area contributed by atoms with Crippen LogP contribution in [-0.4, -0.2) is 0 Å². The van der Waals surface area contributed by atoms with Crippen LogP contribution in [0.15, 0.2) is 36.0 Å². The Morgan fingerprint density at radius 2 is 1.24 bits per heavy atom. The number of rotatable bonds is 19. The number of allylic oxidation sites excluding steroid dienone is 6. The zero-order valence-electron chi connectivity index (χ0n) is 20.3. The highest BCUT2D eigenvalue weighted by atomic mass is 14.3. The molecule has 1 rings (SSSR count). The van der Waals surface area contributed by atoms with Crippen LogP contribution in [-0.2, 0) is 0 Å². The predicted molar refractivity (Wildman–Crippen MR) is 134 cm³/mol. The lowest BCUT2D eigenvalue weighted by Gasteiger charge is -2.29. The van der Waals surface area contributed by atoms with E-state index in [0.717, 1.165) is 0 Å². The molecule has 0 N–H and O–H groups in total. The minimum absolute atomic E-state index is 0.305. The Kier molecular flexibility index (Phi) is 16.3. The Balaban J connectivity index is 2.18. The standard InChI is InChI=1S/C29H52/c1-4-7-9-11-13-15-17-19-21-28-22-26-29(24-6-3,27-23-28)25-20-18-16-14-12-10-8-5-2/h6,22-24,26H,4-5,7-21,25,27H2,1-3H3. The van der Waals surface area contributed by atoms with Gasteiger partial charge in [-0.2, -0.15) is 0 Å². The second-order valence-corrected chi connectivity index (χ2v) is 9.50. The summed E-state index contributed by atoms with van der Waals surface area (Å²) in [7, 11) is 0. The summed E-state index contributed by atoms with van der Waals surface area (Å²) in [5.41, 5.74) is 1.90. The first kappa shape index (κ1) is 26.3. The molecule has 0 heterocycles.